The molecule has 0 saturated carbocycles. The van der Waals surface area contributed by atoms with Crippen molar-refractivity contribution in [2.45, 2.75) is 12.8 Å². The van der Waals surface area contributed by atoms with E-state index >= 15 is 0 Å². The molecule has 1 aromatic rings. The summed E-state index contributed by atoms with van der Waals surface area (Å²) < 4.78 is 0. The van der Waals surface area contributed by atoms with Crippen molar-refractivity contribution in [1.82, 2.24) is 19.9 Å². The molecule has 8 heteroatoms. The van der Waals surface area contributed by atoms with Crippen LogP contribution in [0.15, 0.2) is 0 Å². The molecule has 0 atom stereocenters. The number of likely N-dealkylation sites (N-methyl/N-ethyl adjacent to an activating group) is 2. The van der Waals surface area contributed by atoms with E-state index in [0.717, 1.165) is 25.9 Å². The molecule has 2 N–H and O–H groups in total. The van der Waals surface area contributed by atoms with Crippen molar-refractivity contribution in [3.63, 3.8) is 0 Å². The Morgan fingerprint density at radius 1 is 1.20 bits per heavy atom. The van der Waals surface area contributed by atoms with Gasteiger partial charge in [0, 0.05) is 34.2 Å². The molecule has 0 aromatic carbocycles. The van der Waals surface area contributed by atoms with Crippen molar-refractivity contribution in [2.24, 2.45) is 0 Å². The third kappa shape index (κ3) is 3.25. The van der Waals surface area contributed by atoms with E-state index in [4.69, 9.17) is 5.73 Å². The van der Waals surface area contributed by atoms with Crippen LogP contribution in [0.4, 0.5) is 17.8 Å². The molecule has 1 amide bonds. The Balaban J connectivity index is 2.16. The van der Waals surface area contributed by atoms with Gasteiger partial charge in [-0.2, -0.15) is 15.0 Å². The first kappa shape index (κ1) is 14.3. The van der Waals surface area contributed by atoms with Gasteiger partial charge in [-0.1, -0.05) is 0 Å². The van der Waals surface area contributed by atoms with E-state index in [1.165, 1.54) is 4.90 Å². The van der Waals surface area contributed by atoms with Gasteiger partial charge >= 0.3 is 0 Å². The highest BCUT2D eigenvalue weighted by atomic mass is 16.2. The molecule has 1 aromatic heterocycles. The van der Waals surface area contributed by atoms with E-state index in [-0.39, 0.29) is 18.4 Å². The molecule has 0 spiro atoms. The minimum absolute atomic E-state index is 0.0193. The predicted molar refractivity (Wildman–Crippen MR) is 77.7 cm³/mol. The number of hydrogen-bond donors (Lipinski definition) is 1. The number of nitrogens with zero attached hydrogens (tertiary/aromatic N) is 6. The van der Waals surface area contributed by atoms with Gasteiger partial charge in [-0.15, -0.1) is 0 Å². The Labute approximate surface area is 118 Å². The molecule has 110 valence electrons. The normalized spacial score (nSPS) is 14.4. The summed E-state index contributed by atoms with van der Waals surface area (Å²) in [4.78, 5) is 29.7. The third-order valence-corrected chi connectivity index (χ3v) is 3.23. The summed E-state index contributed by atoms with van der Waals surface area (Å²) in [5.74, 6) is 1.18. The summed E-state index contributed by atoms with van der Waals surface area (Å²) in [6, 6.07) is 0. The molecule has 1 aliphatic heterocycles. The number of aromatic nitrogens is 3. The van der Waals surface area contributed by atoms with E-state index in [1.54, 1.807) is 26.0 Å². The average molecular weight is 279 g/mol. The number of rotatable bonds is 4. The number of anilines is 3. The van der Waals surface area contributed by atoms with Gasteiger partial charge in [0.2, 0.25) is 23.8 Å². The second-order valence-electron chi connectivity index (χ2n) is 5.13. The molecule has 0 bridgehead atoms. The largest absolute Gasteiger partial charge is 0.368 e. The van der Waals surface area contributed by atoms with Crippen molar-refractivity contribution in [2.75, 3.05) is 56.3 Å². The molecule has 0 unspecified atom stereocenters. The highest BCUT2D eigenvalue weighted by Gasteiger charge is 2.19. The second-order valence-corrected chi connectivity index (χ2v) is 5.13. The lowest BCUT2D eigenvalue weighted by Crippen LogP contribution is -2.35. The lowest BCUT2D eigenvalue weighted by atomic mass is 10.4. The number of nitrogens with two attached hydrogens (primary N) is 1. The van der Waals surface area contributed by atoms with E-state index in [1.807, 2.05) is 0 Å². The fourth-order valence-electron chi connectivity index (χ4n) is 2.01. The van der Waals surface area contributed by atoms with Crippen LogP contribution in [0.25, 0.3) is 0 Å². The smallest absolute Gasteiger partial charge is 0.241 e. The third-order valence-electron chi connectivity index (χ3n) is 3.23. The van der Waals surface area contributed by atoms with Crippen molar-refractivity contribution in [1.29, 1.82) is 0 Å². The second kappa shape index (κ2) is 5.89. The van der Waals surface area contributed by atoms with E-state index in [2.05, 4.69) is 19.9 Å². The summed E-state index contributed by atoms with van der Waals surface area (Å²) in [6.07, 6.45) is 2.27. The zero-order valence-corrected chi connectivity index (χ0v) is 12.2. The summed E-state index contributed by atoms with van der Waals surface area (Å²) in [7, 11) is 5.20. The van der Waals surface area contributed by atoms with Crippen molar-refractivity contribution in [3.8, 4) is 0 Å². The van der Waals surface area contributed by atoms with E-state index < -0.39 is 0 Å². The quantitative estimate of drug-likeness (QED) is 0.800. The Kier molecular flexibility index (Phi) is 4.21. The predicted octanol–water partition coefficient (Wildman–Crippen LogP) is -0.422. The van der Waals surface area contributed by atoms with Crippen LogP contribution in [0.1, 0.15) is 12.8 Å². The summed E-state index contributed by atoms with van der Waals surface area (Å²) >= 11 is 0. The SMILES string of the molecule is CN(C)C(=O)CN(C)c1nc(N)nc(N2CCCC2)n1. The van der Waals surface area contributed by atoms with Gasteiger partial charge in [0.25, 0.3) is 0 Å². The number of amides is 1. The molecule has 1 saturated heterocycles. The zero-order chi connectivity index (χ0) is 14.7. The summed E-state index contributed by atoms with van der Waals surface area (Å²) in [6.45, 7) is 2.07. The Hall–Kier alpha value is -2.12. The van der Waals surface area contributed by atoms with Crippen LogP contribution < -0.4 is 15.5 Å². The fourth-order valence-corrected chi connectivity index (χ4v) is 2.01. The lowest BCUT2D eigenvalue weighted by Gasteiger charge is -2.21. The average Bonchev–Trinajstić information content (AvgIpc) is 2.91. The van der Waals surface area contributed by atoms with Crippen molar-refractivity contribution < 1.29 is 4.79 Å². The van der Waals surface area contributed by atoms with Gasteiger partial charge < -0.3 is 20.4 Å². The molecular weight excluding hydrogens is 258 g/mol. The van der Waals surface area contributed by atoms with Gasteiger partial charge in [0.1, 0.15) is 0 Å². The van der Waals surface area contributed by atoms with Crippen LogP contribution in [-0.4, -0.2) is 66.5 Å². The van der Waals surface area contributed by atoms with Crippen LogP contribution in [-0.2, 0) is 4.79 Å². The summed E-state index contributed by atoms with van der Waals surface area (Å²) in [5.41, 5.74) is 5.74. The molecule has 1 fully saturated rings. The van der Waals surface area contributed by atoms with Crippen molar-refractivity contribution >= 4 is 23.8 Å². The fraction of sp³-hybridized carbons (Fsp3) is 0.667. The number of hydrogen-bond acceptors (Lipinski definition) is 7. The number of carbonyl (C=O) groups excluding carboxylic acids is 1. The van der Waals surface area contributed by atoms with E-state index in [0.29, 0.717) is 11.9 Å². The lowest BCUT2D eigenvalue weighted by molar-refractivity contribution is -0.127. The first-order valence-electron chi connectivity index (χ1n) is 6.65. The molecule has 2 heterocycles. The minimum Gasteiger partial charge on any atom is -0.368 e. The standard InChI is InChI=1S/C12H21N7O/c1-17(2)9(20)8-18(3)11-14-10(13)15-12(16-11)19-6-4-5-7-19/h4-8H2,1-3H3,(H2,13,14,15,16). The van der Waals surface area contributed by atoms with Gasteiger partial charge in [0.15, 0.2) is 0 Å². The molecule has 20 heavy (non-hydrogen) atoms. The molecule has 2 rings (SSSR count). The summed E-state index contributed by atoms with van der Waals surface area (Å²) in [5, 5.41) is 0. The van der Waals surface area contributed by atoms with Gasteiger partial charge in [0.05, 0.1) is 6.54 Å². The highest BCUT2D eigenvalue weighted by molar-refractivity contribution is 5.80. The Morgan fingerprint density at radius 3 is 2.45 bits per heavy atom. The van der Waals surface area contributed by atoms with Gasteiger partial charge in [-0.25, -0.2) is 0 Å². The minimum atomic E-state index is -0.0193. The molecule has 8 nitrogen and oxygen atoms in total. The highest BCUT2D eigenvalue weighted by Crippen LogP contribution is 2.18. The van der Waals surface area contributed by atoms with E-state index in [9.17, 15) is 4.79 Å². The van der Waals surface area contributed by atoms with Crippen LogP contribution >= 0.6 is 0 Å². The zero-order valence-electron chi connectivity index (χ0n) is 12.2. The first-order valence-corrected chi connectivity index (χ1v) is 6.65. The molecular formula is C12H21N7O. The molecule has 0 aliphatic carbocycles. The van der Waals surface area contributed by atoms with Crippen LogP contribution in [0, 0.1) is 0 Å². The molecule has 0 radical (unpaired) electrons. The maximum atomic E-state index is 11.7. The maximum Gasteiger partial charge on any atom is 0.241 e. The maximum absolute atomic E-state index is 11.7. The molecule has 1 aliphatic rings. The Morgan fingerprint density at radius 2 is 1.85 bits per heavy atom. The van der Waals surface area contributed by atoms with Crippen molar-refractivity contribution in [3.05, 3.63) is 0 Å². The first-order chi connectivity index (χ1) is 9.47. The van der Waals surface area contributed by atoms with Gasteiger partial charge in [-0.3, -0.25) is 4.79 Å². The van der Waals surface area contributed by atoms with Crippen LogP contribution in [0.5, 0.6) is 0 Å². The Bertz CT molecular complexity index is 485. The topological polar surface area (TPSA) is 91.5 Å². The van der Waals surface area contributed by atoms with Crippen LogP contribution in [0.2, 0.25) is 0 Å². The number of nitrogen functional groups attached to an aromatic ring is 1. The monoisotopic (exact) mass is 279 g/mol. The van der Waals surface area contributed by atoms with Gasteiger partial charge in [-0.05, 0) is 12.8 Å². The number of carbonyl (C=O) groups is 1. The van der Waals surface area contributed by atoms with Crippen LogP contribution in [0.3, 0.4) is 0 Å².